The summed E-state index contributed by atoms with van der Waals surface area (Å²) in [5, 5.41) is 5.24. The number of nitrogens with one attached hydrogen (secondary N) is 2. The molecule has 0 bridgehead atoms. The normalized spacial score (nSPS) is 12.8. The Labute approximate surface area is 138 Å². The summed E-state index contributed by atoms with van der Waals surface area (Å²) in [6.07, 6.45) is 0.821. The number of carbonyl (C=O) groups excluding carboxylic acids is 2. The molecule has 124 valence electrons. The number of benzene rings is 2. The standard InChI is InChI=1S/C17H17N3O4/c18-17(22)20-12-4-2-11(3-5-12)16(21)19-13-6-7-14-15(10-13)24-9-1-8-23-14/h2-7,10H,1,8-9H2,(H,19,21)(H3,18,20,22). The van der Waals surface area contributed by atoms with Crippen molar-refractivity contribution in [3.05, 3.63) is 48.0 Å². The van der Waals surface area contributed by atoms with E-state index in [1.807, 2.05) is 0 Å². The molecule has 24 heavy (non-hydrogen) atoms. The molecule has 0 saturated carbocycles. The molecule has 2 aromatic rings. The quantitative estimate of drug-likeness (QED) is 0.806. The number of urea groups is 1. The molecule has 1 aliphatic rings. The predicted molar refractivity (Wildman–Crippen MR) is 89.7 cm³/mol. The fraction of sp³-hybridized carbons (Fsp3) is 0.176. The number of carbonyl (C=O) groups is 2. The Morgan fingerprint density at radius 3 is 2.25 bits per heavy atom. The number of ether oxygens (including phenoxy) is 2. The third kappa shape index (κ3) is 3.75. The molecule has 0 spiro atoms. The van der Waals surface area contributed by atoms with Crippen LogP contribution in [0.1, 0.15) is 16.8 Å². The number of nitrogens with two attached hydrogens (primary N) is 1. The van der Waals surface area contributed by atoms with Crippen molar-refractivity contribution in [1.82, 2.24) is 0 Å². The second-order valence-corrected chi connectivity index (χ2v) is 5.23. The van der Waals surface area contributed by atoms with Gasteiger partial charge in [0.05, 0.1) is 13.2 Å². The minimum atomic E-state index is -0.653. The highest BCUT2D eigenvalue weighted by Crippen LogP contribution is 2.32. The van der Waals surface area contributed by atoms with E-state index in [0.717, 1.165) is 6.42 Å². The van der Waals surface area contributed by atoms with Crippen LogP contribution in [0, 0.1) is 0 Å². The first kappa shape index (κ1) is 15.7. The van der Waals surface area contributed by atoms with E-state index in [1.54, 1.807) is 42.5 Å². The van der Waals surface area contributed by atoms with E-state index >= 15 is 0 Å². The van der Waals surface area contributed by atoms with E-state index < -0.39 is 6.03 Å². The van der Waals surface area contributed by atoms with Crippen molar-refractivity contribution in [2.45, 2.75) is 6.42 Å². The van der Waals surface area contributed by atoms with E-state index in [-0.39, 0.29) is 5.91 Å². The Bertz CT molecular complexity index is 759. The van der Waals surface area contributed by atoms with Crippen LogP contribution < -0.4 is 25.8 Å². The molecule has 0 saturated heterocycles. The second-order valence-electron chi connectivity index (χ2n) is 5.23. The monoisotopic (exact) mass is 327 g/mol. The molecule has 4 N–H and O–H groups in total. The van der Waals surface area contributed by atoms with Crippen LogP contribution in [0.15, 0.2) is 42.5 Å². The van der Waals surface area contributed by atoms with Gasteiger partial charge in [-0.05, 0) is 36.4 Å². The van der Waals surface area contributed by atoms with Gasteiger partial charge in [0.2, 0.25) is 0 Å². The molecular weight excluding hydrogens is 310 g/mol. The van der Waals surface area contributed by atoms with Gasteiger partial charge in [0.1, 0.15) is 0 Å². The van der Waals surface area contributed by atoms with Crippen molar-refractivity contribution in [3.63, 3.8) is 0 Å². The maximum atomic E-state index is 12.3. The third-order valence-electron chi connectivity index (χ3n) is 3.42. The molecule has 0 atom stereocenters. The van der Waals surface area contributed by atoms with Gasteiger partial charge < -0.3 is 25.8 Å². The lowest BCUT2D eigenvalue weighted by Crippen LogP contribution is -2.19. The Hall–Kier alpha value is -3.22. The van der Waals surface area contributed by atoms with Crippen molar-refractivity contribution >= 4 is 23.3 Å². The highest BCUT2D eigenvalue weighted by atomic mass is 16.5. The van der Waals surface area contributed by atoms with E-state index in [4.69, 9.17) is 15.2 Å². The van der Waals surface area contributed by atoms with Crippen LogP contribution in [-0.2, 0) is 0 Å². The minimum Gasteiger partial charge on any atom is -0.490 e. The number of hydrogen-bond acceptors (Lipinski definition) is 4. The van der Waals surface area contributed by atoms with Crippen molar-refractivity contribution in [3.8, 4) is 11.5 Å². The molecule has 0 unspecified atom stereocenters. The summed E-state index contributed by atoms with van der Waals surface area (Å²) in [6.45, 7) is 1.20. The smallest absolute Gasteiger partial charge is 0.316 e. The fourth-order valence-corrected chi connectivity index (χ4v) is 2.29. The van der Waals surface area contributed by atoms with Crippen molar-refractivity contribution in [1.29, 1.82) is 0 Å². The Balaban J connectivity index is 1.70. The summed E-state index contributed by atoms with van der Waals surface area (Å²) >= 11 is 0. The molecule has 0 radical (unpaired) electrons. The predicted octanol–water partition coefficient (Wildman–Crippen LogP) is 2.59. The number of primary amides is 1. The maximum Gasteiger partial charge on any atom is 0.316 e. The lowest BCUT2D eigenvalue weighted by atomic mass is 10.2. The summed E-state index contributed by atoms with van der Waals surface area (Å²) in [7, 11) is 0. The summed E-state index contributed by atoms with van der Waals surface area (Å²) in [6, 6.07) is 11.0. The number of hydrogen-bond donors (Lipinski definition) is 3. The molecule has 1 heterocycles. The van der Waals surface area contributed by atoms with Gasteiger partial charge in [-0.3, -0.25) is 4.79 Å². The average Bonchev–Trinajstić information content (AvgIpc) is 2.80. The molecule has 0 aliphatic carbocycles. The number of rotatable bonds is 3. The molecular formula is C17H17N3O4. The first-order chi connectivity index (χ1) is 11.6. The fourth-order valence-electron chi connectivity index (χ4n) is 2.29. The summed E-state index contributed by atoms with van der Waals surface area (Å²) in [5.74, 6) is 1.02. The van der Waals surface area contributed by atoms with Crippen LogP contribution in [-0.4, -0.2) is 25.2 Å². The lowest BCUT2D eigenvalue weighted by molar-refractivity contribution is 0.102. The van der Waals surface area contributed by atoms with Crippen molar-refractivity contribution in [2.24, 2.45) is 5.73 Å². The number of anilines is 2. The second kappa shape index (κ2) is 6.91. The minimum absolute atomic E-state index is 0.268. The van der Waals surface area contributed by atoms with Gasteiger partial charge >= 0.3 is 6.03 Å². The first-order valence-electron chi connectivity index (χ1n) is 7.49. The van der Waals surface area contributed by atoms with Crippen LogP contribution in [0.25, 0.3) is 0 Å². The van der Waals surface area contributed by atoms with Crippen LogP contribution in [0.2, 0.25) is 0 Å². The maximum absolute atomic E-state index is 12.3. The van der Waals surface area contributed by atoms with Gasteiger partial charge in [0.25, 0.3) is 5.91 Å². The van der Waals surface area contributed by atoms with E-state index in [0.29, 0.717) is 41.7 Å². The topological polar surface area (TPSA) is 103 Å². The summed E-state index contributed by atoms with van der Waals surface area (Å²) in [4.78, 5) is 23.1. The Morgan fingerprint density at radius 1 is 0.875 bits per heavy atom. The van der Waals surface area contributed by atoms with Crippen molar-refractivity contribution < 1.29 is 19.1 Å². The average molecular weight is 327 g/mol. The Kier molecular flexibility index (Phi) is 4.51. The van der Waals surface area contributed by atoms with Crippen LogP contribution in [0.5, 0.6) is 11.5 Å². The van der Waals surface area contributed by atoms with E-state index in [1.165, 1.54) is 0 Å². The van der Waals surface area contributed by atoms with Gasteiger partial charge in [-0.15, -0.1) is 0 Å². The summed E-state index contributed by atoms with van der Waals surface area (Å²) < 4.78 is 11.2. The summed E-state index contributed by atoms with van der Waals surface area (Å²) in [5.41, 5.74) is 6.63. The molecule has 3 amide bonds. The highest BCUT2D eigenvalue weighted by molar-refractivity contribution is 6.04. The van der Waals surface area contributed by atoms with E-state index in [9.17, 15) is 9.59 Å². The zero-order chi connectivity index (χ0) is 16.9. The van der Waals surface area contributed by atoms with Gasteiger partial charge in [0, 0.05) is 29.4 Å². The van der Waals surface area contributed by atoms with Gasteiger partial charge in [0.15, 0.2) is 11.5 Å². The van der Waals surface area contributed by atoms with Gasteiger partial charge in [-0.2, -0.15) is 0 Å². The molecule has 7 nitrogen and oxygen atoms in total. The lowest BCUT2D eigenvalue weighted by Gasteiger charge is -2.10. The molecule has 3 rings (SSSR count). The largest absolute Gasteiger partial charge is 0.490 e. The Morgan fingerprint density at radius 2 is 1.54 bits per heavy atom. The molecule has 7 heteroatoms. The van der Waals surface area contributed by atoms with Crippen LogP contribution in [0.4, 0.5) is 16.2 Å². The molecule has 2 aromatic carbocycles. The highest BCUT2D eigenvalue weighted by Gasteiger charge is 2.12. The third-order valence-corrected chi connectivity index (χ3v) is 3.42. The number of amides is 3. The molecule has 0 fully saturated rings. The van der Waals surface area contributed by atoms with Crippen molar-refractivity contribution in [2.75, 3.05) is 23.8 Å². The van der Waals surface area contributed by atoms with E-state index in [2.05, 4.69) is 10.6 Å². The SMILES string of the molecule is NC(=O)Nc1ccc(C(=O)Nc2ccc3c(c2)OCCCO3)cc1. The zero-order valence-corrected chi connectivity index (χ0v) is 12.9. The first-order valence-corrected chi connectivity index (χ1v) is 7.49. The van der Waals surface area contributed by atoms with Crippen LogP contribution in [0.3, 0.4) is 0 Å². The molecule has 1 aliphatic heterocycles. The van der Waals surface area contributed by atoms with Gasteiger partial charge in [-0.25, -0.2) is 4.79 Å². The van der Waals surface area contributed by atoms with Crippen LogP contribution >= 0.6 is 0 Å². The number of fused-ring (bicyclic) bond motifs is 1. The van der Waals surface area contributed by atoms with Gasteiger partial charge in [-0.1, -0.05) is 0 Å². The molecule has 0 aromatic heterocycles. The zero-order valence-electron chi connectivity index (χ0n) is 12.9.